The smallest absolute Gasteiger partial charge is 0.264 e. The number of nitrogens with one attached hydrogen (secondary N) is 1. The van der Waals surface area contributed by atoms with E-state index in [2.05, 4.69) is 20.1 Å². The van der Waals surface area contributed by atoms with E-state index in [-0.39, 0.29) is 5.91 Å². The van der Waals surface area contributed by atoms with Gasteiger partial charge in [0, 0.05) is 26.2 Å². The molecule has 1 amide bonds. The van der Waals surface area contributed by atoms with Crippen LogP contribution >= 0.6 is 22.9 Å². The van der Waals surface area contributed by atoms with Gasteiger partial charge in [0.1, 0.15) is 12.2 Å². The Balaban J connectivity index is 1.54. The van der Waals surface area contributed by atoms with E-state index in [1.165, 1.54) is 17.7 Å². The Labute approximate surface area is 125 Å². The summed E-state index contributed by atoms with van der Waals surface area (Å²) in [5.74, 6) is 0.927. The molecule has 3 heterocycles. The molecule has 2 aromatic rings. The summed E-state index contributed by atoms with van der Waals surface area (Å²) in [4.78, 5) is 21.2. The van der Waals surface area contributed by atoms with Gasteiger partial charge in [0.05, 0.1) is 15.8 Å². The van der Waals surface area contributed by atoms with Gasteiger partial charge in [-0.3, -0.25) is 14.8 Å². The van der Waals surface area contributed by atoms with Crippen molar-refractivity contribution in [3.8, 4) is 0 Å². The Morgan fingerprint density at radius 1 is 1.35 bits per heavy atom. The van der Waals surface area contributed by atoms with E-state index in [1.807, 2.05) is 4.90 Å². The fourth-order valence-corrected chi connectivity index (χ4v) is 3.22. The molecule has 1 aliphatic heterocycles. The number of piperazine rings is 1. The number of H-pyrrole nitrogens is 1. The highest BCUT2D eigenvalue weighted by atomic mass is 35.5. The number of hydrogen-bond acceptors (Lipinski definition) is 5. The number of aromatic amines is 1. The second-order valence-corrected chi connectivity index (χ2v) is 6.32. The Kier molecular flexibility index (Phi) is 4.00. The molecule has 2 aromatic heterocycles. The largest absolute Gasteiger partial charge is 0.335 e. The van der Waals surface area contributed by atoms with Crippen molar-refractivity contribution in [1.82, 2.24) is 25.0 Å². The van der Waals surface area contributed by atoms with Crippen LogP contribution in [-0.2, 0) is 6.54 Å². The van der Waals surface area contributed by atoms with Crippen molar-refractivity contribution in [3.05, 3.63) is 33.5 Å². The molecule has 6 nitrogen and oxygen atoms in total. The van der Waals surface area contributed by atoms with Gasteiger partial charge in [-0.25, -0.2) is 4.98 Å². The maximum atomic E-state index is 12.3. The SMILES string of the molecule is O=C(c1ccc(Cl)s1)N1CCN(Cc2ncn[nH]2)CC1. The molecule has 0 aromatic carbocycles. The van der Waals surface area contributed by atoms with Crippen molar-refractivity contribution >= 4 is 28.8 Å². The summed E-state index contributed by atoms with van der Waals surface area (Å²) in [6.07, 6.45) is 1.51. The summed E-state index contributed by atoms with van der Waals surface area (Å²) < 4.78 is 0.650. The molecule has 0 radical (unpaired) electrons. The van der Waals surface area contributed by atoms with E-state index in [9.17, 15) is 4.79 Å². The number of halogens is 1. The van der Waals surface area contributed by atoms with Crippen LogP contribution in [0.25, 0.3) is 0 Å². The predicted octanol–water partition coefficient (Wildman–Crippen LogP) is 1.48. The molecule has 20 heavy (non-hydrogen) atoms. The lowest BCUT2D eigenvalue weighted by Crippen LogP contribution is -2.48. The molecule has 0 atom stereocenters. The van der Waals surface area contributed by atoms with Crippen molar-refractivity contribution < 1.29 is 4.79 Å². The summed E-state index contributed by atoms with van der Waals surface area (Å²) in [5, 5.41) is 6.69. The normalized spacial score (nSPS) is 16.6. The molecule has 1 aliphatic rings. The number of thiophene rings is 1. The molecular weight excluding hydrogens is 298 g/mol. The number of carbonyl (C=O) groups is 1. The number of amides is 1. The predicted molar refractivity (Wildman–Crippen MR) is 76.9 cm³/mol. The average Bonchev–Trinajstić information content (AvgIpc) is 3.10. The number of nitrogens with zero attached hydrogens (tertiary/aromatic N) is 4. The van der Waals surface area contributed by atoms with Gasteiger partial charge in [-0.1, -0.05) is 11.6 Å². The highest BCUT2D eigenvalue weighted by Gasteiger charge is 2.23. The van der Waals surface area contributed by atoms with Crippen LogP contribution in [-0.4, -0.2) is 57.1 Å². The van der Waals surface area contributed by atoms with Crippen LogP contribution in [0.4, 0.5) is 0 Å². The molecule has 3 rings (SSSR count). The van der Waals surface area contributed by atoms with Crippen LogP contribution < -0.4 is 0 Å². The lowest BCUT2D eigenvalue weighted by Gasteiger charge is -2.33. The second kappa shape index (κ2) is 5.90. The monoisotopic (exact) mass is 311 g/mol. The van der Waals surface area contributed by atoms with Gasteiger partial charge >= 0.3 is 0 Å². The van der Waals surface area contributed by atoms with E-state index < -0.39 is 0 Å². The number of hydrogen-bond donors (Lipinski definition) is 1. The first kappa shape index (κ1) is 13.5. The van der Waals surface area contributed by atoms with Gasteiger partial charge in [-0.15, -0.1) is 11.3 Å². The zero-order valence-electron chi connectivity index (χ0n) is 10.8. The molecule has 8 heteroatoms. The average molecular weight is 312 g/mol. The maximum absolute atomic E-state index is 12.3. The molecular formula is C12H14ClN5OS. The molecule has 0 aliphatic carbocycles. The van der Waals surface area contributed by atoms with Gasteiger partial charge in [0.15, 0.2) is 0 Å². The fourth-order valence-electron chi connectivity index (χ4n) is 2.21. The third-order valence-electron chi connectivity index (χ3n) is 3.28. The highest BCUT2D eigenvalue weighted by Crippen LogP contribution is 2.23. The summed E-state index contributed by atoms with van der Waals surface area (Å²) in [7, 11) is 0. The number of aromatic nitrogens is 3. The van der Waals surface area contributed by atoms with Crippen molar-refractivity contribution in [1.29, 1.82) is 0 Å². The minimum atomic E-state index is 0.0706. The van der Waals surface area contributed by atoms with Crippen molar-refractivity contribution in [3.63, 3.8) is 0 Å². The molecule has 0 spiro atoms. The minimum Gasteiger partial charge on any atom is -0.335 e. The van der Waals surface area contributed by atoms with E-state index in [0.717, 1.165) is 38.5 Å². The van der Waals surface area contributed by atoms with Gasteiger partial charge in [-0.05, 0) is 12.1 Å². The molecule has 1 fully saturated rings. The van der Waals surface area contributed by atoms with E-state index >= 15 is 0 Å². The molecule has 0 bridgehead atoms. The van der Waals surface area contributed by atoms with Crippen LogP contribution in [0, 0.1) is 0 Å². The number of carbonyl (C=O) groups excluding carboxylic acids is 1. The highest BCUT2D eigenvalue weighted by molar-refractivity contribution is 7.17. The Hall–Kier alpha value is -1.44. The Morgan fingerprint density at radius 3 is 2.75 bits per heavy atom. The van der Waals surface area contributed by atoms with Gasteiger partial charge in [0.25, 0.3) is 5.91 Å². The third-order valence-corrected chi connectivity index (χ3v) is 4.50. The summed E-state index contributed by atoms with van der Waals surface area (Å²) in [5.41, 5.74) is 0. The molecule has 0 saturated carbocycles. The minimum absolute atomic E-state index is 0.0706. The van der Waals surface area contributed by atoms with Gasteiger partial charge in [-0.2, -0.15) is 5.10 Å². The number of rotatable bonds is 3. The first-order valence-corrected chi connectivity index (χ1v) is 7.53. The van der Waals surface area contributed by atoms with Crippen molar-refractivity contribution in [2.45, 2.75) is 6.54 Å². The van der Waals surface area contributed by atoms with Gasteiger partial charge in [0.2, 0.25) is 0 Å². The van der Waals surface area contributed by atoms with Crippen LogP contribution in [0.1, 0.15) is 15.5 Å². The molecule has 1 saturated heterocycles. The molecule has 106 valence electrons. The zero-order valence-corrected chi connectivity index (χ0v) is 12.3. The Morgan fingerprint density at radius 2 is 2.15 bits per heavy atom. The third kappa shape index (κ3) is 3.00. The second-order valence-electron chi connectivity index (χ2n) is 4.60. The van der Waals surface area contributed by atoms with E-state index in [1.54, 1.807) is 12.1 Å². The van der Waals surface area contributed by atoms with E-state index in [4.69, 9.17) is 11.6 Å². The van der Waals surface area contributed by atoms with Crippen LogP contribution in [0.3, 0.4) is 0 Å². The fraction of sp³-hybridized carbons (Fsp3) is 0.417. The molecule has 0 unspecified atom stereocenters. The standard InChI is InChI=1S/C12H14ClN5OS/c13-10-2-1-9(20-10)12(19)18-5-3-17(4-6-18)7-11-14-8-15-16-11/h1-2,8H,3-7H2,(H,14,15,16). The first-order valence-electron chi connectivity index (χ1n) is 6.33. The quantitative estimate of drug-likeness (QED) is 0.932. The summed E-state index contributed by atoms with van der Waals surface area (Å²) >= 11 is 7.20. The topological polar surface area (TPSA) is 65.1 Å². The summed E-state index contributed by atoms with van der Waals surface area (Å²) in [6.45, 7) is 3.87. The van der Waals surface area contributed by atoms with Crippen LogP contribution in [0.15, 0.2) is 18.5 Å². The summed E-state index contributed by atoms with van der Waals surface area (Å²) in [6, 6.07) is 3.55. The van der Waals surface area contributed by atoms with Crippen LogP contribution in [0.2, 0.25) is 4.34 Å². The van der Waals surface area contributed by atoms with Gasteiger partial charge < -0.3 is 4.90 Å². The van der Waals surface area contributed by atoms with Crippen LogP contribution in [0.5, 0.6) is 0 Å². The Bertz CT molecular complexity index is 576. The lowest BCUT2D eigenvalue weighted by atomic mass is 10.3. The maximum Gasteiger partial charge on any atom is 0.264 e. The zero-order chi connectivity index (χ0) is 13.9. The van der Waals surface area contributed by atoms with E-state index in [0.29, 0.717) is 9.21 Å². The van der Waals surface area contributed by atoms with Crippen molar-refractivity contribution in [2.24, 2.45) is 0 Å². The van der Waals surface area contributed by atoms with Crippen molar-refractivity contribution in [2.75, 3.05) is 26.2 Å². The molecule has 1 N–H and O–H groups in total. The lowest BCUT2D eigenvalue weighted by molar-refractivity contribution is 0.0630. The first-order chi connectivity index (χ1) is 9.72.